The van der Waals surface area contributed by atoms with Crippen LogP contribution >= 0.6 is 0 Å². The monoisotopic (exact) mass is 282 g/mol. The Morgan fingerprint density at radius 3 is 2.76 bits per heavy atom. The van der Waals surface area contributed by atoms with Gasteiger partial charge < -0.3 is 5.32 Å². The summed E-state index contributed by atoms with van der Waals surface area (Å²) in [6.45, 7) is 10.2. The molecule has 0 saturated carbocycles. The molecule has 112 valence electrons. The first kappa shape index (κ1) is 14.6. The molecule has 2 nitrogen and oxygen atoms in total. The average molecular weight is 282 g/mol. The van der Waals surface area contributed by atoms with Crippen LogP contribution < -0.4 is 5.32 Å². The molecule has 1 atom stereocenters. The molecule has 1 saturated heterocycles. The number of nitrogens with zero attached hydrogens (tertiary/aromatic N) is 1. The minimum absolute atomic E-state index is 0.190. The van der Waals surface area contributed by atoms with E-state index in [1.165, 1.54) is 22.8 Å². The zero-order valence-electron chi connectivity index (χ0n) is 13.4. The molecule has 2 aromatic rings. The fourth-order valence-electron chi connectivity index (χ4n) is 3.38. The van der Waals surface area contributed by atoms with Gasteiger partial charge in [0.25, 0.3) is 0 Å². The lowest BCUT2D eigenvalue weighted by atomic mass is 10.0. The SMILES string of the molecule is CC1CCNC(C)(C)CN1Cc1cccc2ccccc12. The second-order valence-electron chi connectivity index (χ2n) is 6.99. The van der Waals surface area contributed by atoms with Gasteiger partial charge in [-0.15, -0.1) is 0 Å². The molecule has 1 aliphatic rings. The van der Waals surface area contributed by atoms with Gasteiger partial charge in [0.05, 0.1) is 0 Å². The Morgan fingerprint density at radius 1 is 1.14 bits per heavy atom. The Bertz CT molecular complexity index is 612. The van der Waals surface area contributed by atoms with Gasteiger partial charge in [0, 0.05) is 24.7 Å². The lowest BCUT2D eigenvalue weighted by Crippen LogP contribution is -2.47. The van der Waals surface area contributed by atoms with Crippen LogP contribution in [0.1, 0.15) is 32.8 Å². The maximum atomic E-state index is 3.66. The summed E-state index contributed by atoms with van der Waals surface area (Å²) >= 11 is 0. The number of hydrogen-bond donors (Lipinski definition) is 1. The quantitative estimate of drug-likeness (QED) is 0.901. The van der Waals surface area contributed by atoms with E-state index in [9.17, 15) is 0 Å². The van der Waals surface area contributed by atoms with Crippen LogP contribution in [0.4, 0.5) is 0 Å². The Kier molecular flexibility index (Phi) is 4.01. The number of rotatable bonds is 2. The van der Waals surface area contributed by atoms with Crippen LogP contribution in [0.25, 0.3) is 10.8 Å². The molecule has 2 aromatic carbocycles. The van der Waals surface area contributed by atoms with Gasteiger partial charge in [-0.3, -0.25) is 4.90 Å². The van der Waals surface area contributed by atoms with Crippen molar-refractivity contribution in [3.8, 4) is 0 Å². The highest BCUT2D eigenvalue weighted by molar-refractivity contribution is 5.85. The van der Waals surface area contributed by atoms with Gasteiger partial charge in [0.1, 0.15) is 0 Å². The lowest BCUT2D eigenvalue weighted by molar-refractivity contribution is 0.173. The highest BCUT2D eigenvalue weighted by atomic mass is 15.2. The highest BCUT2D eigenvalue weighted by Crippen LogP contribution is 2.23. The second-order valence-corrected chi connectivity index (χ2v) is 6.99. The van der Waals surface area contributed by atoms with Crippen molar-refractivity contribution in [1.82, 2.24) is 10.2 Å². The first-order chi connectivity index (χ1) is 10.1. The topological polar surface area (TPSA) is 15.3 Å². The summed E-state index contributed by atoms with van der Waals surface area (Å²) in [6.07, 6.45) is 1.22. The molecule has 0 radical (unpaired) electrons. The van der Waals surface area contributed by atoms with Crippen molar-refractivity contribution >= 4 is 10.8 Å². The van der Waals surface area contributed by atoms with Crippen LogP contribution in [0, 0.1) is 0 Å². The second kappa shape index (κ2) is 5.78. The summed E-state index contributed by atoms with van der Waals surface area (Å²) in [5.74, 6) is 0. The molecule has 1 unspecified atom stereocenters. The maximum absolute atomic E-state index is 3.66. The fraction of sp³-hybridized carbons (Fsp3) is 0.474. The van der Waals surface area contributed by atoms with Gasteiger partial charge >= 0.3 is 0 Å². The number of benzene rings is 2. The molecule has 1 aliphatic heterocycles. The molecule has 0 amide bonds. The zero-order chi connectivity index (χ0) is 14.9. The fourth-order valence-corrected chi connectivity index (χ4v) is 3.38. The molecule has 0 spiro atoms. The van der Waals surface area contributed by atoms with E-state index in [0.29, 0.717) is 6.04 Å². The van der Waals surface area contributed by atoms with E-state index in [4.69, 9.17) is 0 Å². The third kappa shape index (κ3) is 3.28. The standard InChI is InChI=1S/C19H26N2/c1-15-11-12-20-19(2,3)14-21(15)13-17-9-6-8-16-7-4-5-10-18(16)17/h4-10,15,20H,11-14H2,1-3H3. The van der Waals surface area contributed by atoms with Crippen LogP contribution in [0.15, 0.2) is 42.5 Å². The molecule has 1 N–H and O–H groups in total. The minimum atomic E-state index is 0.190. The summed E-state index contributed by atoms with van der Waals surface area (Å²) in [7, 11) is 0. The van der Waals surface area contributed by atoms with Gasteiger partial charge in [-0.2, -0.15) is 0 Å². The summed E-state index contributed by atoms with van der Waals surface area (Å²) < 4.78 is 0. The van der Waals surface area contributed by atoms with Crippen molar-refractivity contribution in [2.45, 2.75) is 45.3 Å². The van der Waals surface area contributed by atoms with Gasteiger partial charge in [-0.25, -0.2) is 0 Å². The lowest BCUT2D eigenvalue weighted by Gasteiger charge is -2.33. The van der Waals surface area contributed by atoms with Crippen LogP contribution in [-0.4, -0.2) is 29.6 Å². The van der Waals surface area contributed by atoms with E-state index in [2.05, 4.69) is 73.5 Å². The van der Waals surface area contributed by atoms with E-state index in [1.54, 1.807) is 0 Å². The van der Waals surface area contributed by atoms with E-state index in [1.807, 2.05) is 0 Å². The average Bonchev–Trinajstić information content (AvgIpc) is 2.58. The first-order valence-electron chi connectivity index (χ1n) is 8.01. The number of nitrogens with one attached hydrogen (secondary N) is 1. The van der Waals surface area contributed by atoms with Gasteiger partial charge in [0.2, 0.25) is 0 Å². The molecular formula is C19H26N2. The number of fused-ring (bicyclic) bond motifs is 1. The third-order valence-corrected chi connectivity index (χ3v) is 4.64. The van der Waals surface area contributed by atoms with Crippen molar-refractivity contribution in [2.75, 3.05) is 13.1 Å². The molecule has 0 aliphatic carbocycles. The molecule has 2 heteroatoms. The summed E-state index contributed by atoms with van der Waals surface area (Å²) in [6, 6.07) is 16.0. The van der Waals surface area contributed by atoms with Gasteiger partial charge in [0.15, 0.2) is 0 Å². The third-order valence-electron chi connectivity index (χ3n) is 4.64. The van der Waals surface area contributed by atoms with Gasteiger partial charge in [-0.05, 0) is 50.1 Å². The normalized spacial score (nSPS) is 23.1. The van der Waals surface area contributed by atoms with Crippen LogP contribution in [0.3, 0.4) is 0 Å². The molecule has 21 heavy (non-hydrogen) atoms. The largest absolute Gasteiger partial charge is 0.310 e. The van der Waals surface area contributed by atoms with Crippen molar-refractivity contribution in [1.29, 1.82) is 0 Å². The Labute approximate surface area is 128 Å². The summed E-state index contributed by atoms with van der Waals surface area (Å²) in [5, 5.41) is 6.40. The molecular weight excluding hydrogens is 256 g/mol. The van der Waals surface area contributed by atoms with Gasteiger partial charge in [-0.1, -0.05) is 42.5 Å². The molecule has 3 rings (SSSR count). The first-order valence-corrected chi connectivity index (χ1v) is 8.01. The molecule has 0 aromatic heterocycles. The van der Waals surface area contributed by atoms with Crippen LogP contribution in [0.5, 0.6) is 0 Å². The predicted octanol–water partition coefficient (Wildman–Crippen LogP) is 3.80. The Hall–Kier alpha value is -1.38. The van der Waals surface area contributed by atoms with E-state index >= 15 is 0 Å². The van der Waals surface area contributed by atoms with Crippen molar-refractivity contribution in [3.63, 3.8) is 0 Å². The van der Waals surface area contributed by atoms with E-state index < -0.39 is 0 Å². The number of hydrogen-bond acceptors (Lipinski definition) is 2. The smallest absolute Gasteiger partial charge is 0.0252 e. The molecule has 1 heterocycles. The molecule has 1 fully saturated rings. The van der Waals surface area contributed by atoms with Crippen molar-refractivity contribution in [2.24, 2.45) is 0 Å². The maximum Gasteiger partial charge on any atom is 0.0252 e. The van der Waals surface area contributed by atoms with Crippen LogP contribution in [0.2, 0.25) is 0 Å². The van der Waals surface area contributed by atoms with Crippen LogP contribution in [-0.2, 0) is 6.54 Å². The summed E-state index contributed by atoms with van der Waals surface area (Å²) in [4.78, 5) is 2.63. The Morgan fingerprint density at radius 2 is 1.90 bits per heavy atom. The predicted molar refractivity (Wildman–Crippen MR) is 90.5 cm³/mol. The van der Waals surface area contributed by atoms with E-state index in [-0.39, 0.29) is 5.54 Å². The summed E-state index contributed by atoms with van der Waals surface area (Å²) in [5.41, 5.74) is 1.63. The Balaban J connectivity index is 1.89. The minimum Gasteiger partial charge on any atom is -0.310 e. The zero-order valence-corrected chi connectivity index (χ0v) is 13.4. The molecule has 0 bridgehead atoms. The van der Waals surface area contributed by atoms with E-state index in [0.717, 1.165) is 19.6 Å². The highest BCUT2D eigenvalue weighted by Gasteiger charge is 2.27. The van der Waals surface area contributed by atoms with Crippen molar-refractivity contribution < 1.29 is 0 Å². The van der Waals surface area contributed by atoms with Crippen molar-refractivity contribution in [3.05, 3.63) is 48.0 Å².